The Kier molecular flexibility index (Phi) is 4.75. The molecule has 1 amide bonds. The number of aromatic nitrogens is 4. The number of hydrogen-bond donors (Lipinski definition) is 1. The third-order valence-electron chi connectivity index (χ3n) is 4.21. The Morgan fingerprint density at radius 3 is 2.91 bits per heavy atom. The van der Waals surface area contributed by atoms with E-state index in [1.807, 2.05) is 6.07 Å². The summed E-state index contributed by atoms with van der Waals surface area (Å²) in [5.74, 6) is 1.01. The quantitative estimate of drug-likeness (QED) is 0.911. The highest BCUT2D eigenvalue weighted by molar-refractivity contribution is 5.90. The minimum absolute atomic E-state index is 0.284. The number of carbonyl (C=O) groups excluding carboxylic acids is 1. The van der Waals surface area contributed by atoms with Gasteiger partial charge in [-0.25, -0.2) is 19.9 Å². The summed E-state index contributed by atoms with van der Waals surface area (Å²) in [5, 5.41) is 0. The molecule has 1 saturated heterocycles. The van der Waals surface area contributed by atoms with Crippen LogP contribution < -0.4 is 10.6 Å². The Balaban J connectivity index is 1.62. The fourth-order valence-corrected chi connectivity index (χ4v) is 3.01. The van der Waals surface area contributed by atoms with Crippen LogP contribution >= 0.6 is 0 Å². The Hall–Kier alpha value is -2.57. The van der Waals surface area contributed by atoms with Crippen molar-refractivity contribution in [3.8, 4) is 0 Å². The Bertz CT molecular complexity index is 663. The van der Waals surface area contributed by atoms with Crippen molar-refractivity contribution in [3.05, 3.63) is 42.4 Å². The van der Waals surface area contributed by atoms with Gasteiger partial charge in [0.15, 0.2) is 0 Å². The number of primary amides is 1. The summed E-state index contributed by atoms with van der Waals surface area (Å²) in [6.07, 6.45) is 8.94. The summed E-state index contributed by atoms with van der Waals surface area (Å²) >= 11 is 0. The number of amides is 1. The van der Waals surface area contributed by atoms with Gasteiger partial charge in [0.2, 0.25) is 0 Å². The summed E-state index contributed by atoms with van der Waals surface area (Å²) < 4.78 is 0. The fourth-order valence-electron chi connectivity index (χ4n) is 3.01. The van der Waals surface area contributed by atoms with Crippen molar-refractivity contribution in [1.29, 1.82) is 0 Å². The SMILES string of the molecule is NC(=O)c1cc(C[C@@H]2CCCN(c3ccncn3)CC2)ncn1. The maximum Gasteiger partial charge on any atom is 0.267 e. The molecule has 2 aromatic heterocycles. The first kappa shape index (κ1) is 15.3. The highest BCUT2D eigenvalue weighted by Crippen LogP contribution is 2.23. The Morgan fingerprint density at radius 1 is 1.22 bits per heavy atom. The minimum atomic E-state index is -0.510. The molecule has 7 nitrogen and oxygen atoms in total. The normalized spacial score (nSPS) is 18.4. The number of nitrogens with zero attached hydrogens (tertiary/aromatic N) is 5. The molecule has 0 bridgehead atoms. The zero-order valence-electron chi connectivity index (χ0n) is 12.9. The van der Waals surface area contributed by atoms with Gasteiger partial charge in [-0.05, 0) is 43.7 Å². The molecule has 23 heavy (non-hydrogen) atoms. The maximum atomic E-state index is 11.2. The first-order chi connectivity index (χ1) is 11.2. The molecule has 0 spiro atoms. The lowest BCUT2D eigenvalue weighted by molar-refractivity contribution is 0.0995. The van der Waals surface area contributed by atoms with Crippen LogP contribution in [-0.2, 0) is 6.42 Å². The van der Waals surface area contributed by atoms with Crippen molar-refractivity contribution in [2.24, 2.45) is 11.7 Å². The van der Waals surface area contributed by atoms with Crippen LogP contribution in [-0.4, -0.2) is 38.9 Å². The van der Waals surface area contributed by atoms with E-state index in [2.05, 4.69) is 24.8 Å². The van der Waals surface area contributed by atoms with E-state index in [1.165, 1.54) is 6.33 Å². The average molecular weight is 312 g/mol. The van der Waals surface area contributed by atoms with Crippen LogP contribution in [0, 0.1) is 5.92 Å². The molecule has 2 aromatic rings. The van der Waals surface area contributed by atoms with Gasteiger partial charge in [0.1, 0.15) is 24.2 Å². The van der Waals surface area contributed by atoms with Crippen LogP contribution in [0.1, 0.15) is 35.4 Å². The Labute approximate surface area is 135 Å². The van der Waals surface area contributed by atoms with Crippen molar-refractivity contribution in [3.63, 3.8) is 0 Å². The van der Waals surface area contributed by atoms with Gasteiger partial charge >= 0.3 is 0 Å². The van der Waals surface area contributed by atoms with E-state index in [9.17, 15) is 4.79 Å². The van der Waals surface area contributed by atoms with Crippen LogP contribution in [0.3, 0.4) is 0 Å². The monoisotopic (exact) mass is 312 g/mol. The number of anilines is 1. The van der Waals surface area contributed by atoms with Crippen molar-refractivity contribution in [2.75, 3.05) is 18.0 Å². The predicted molar refractivity (Wildman–Crippen MR) is 85.8 cm³/mol. The van der Waals surface area contributed by atoms with Gasteiger partial charge in [0.05, 0.1) is 0 Å². The average Bonchev–Trinajstić information content (AvgIpc) is 2.81. The van der Waals surface area contributed by atoms with Crippen LogP contribution in [0.4, 0.5) is 5.82 Å². The van der Waals surface area contributed by atoms with E-state index >= 15 is 0 Å². The molecule has 0 aromatic carbocycles. The second-order valence-corrected chi connectivity index (χ2v) is 5.81. The smallest absolute Gasteiger partial charge is 0.267 e. The van der Waals surface area contributed by atoms with Gasteiger partial charge in [-0.3, -0.25) is 4.79 Å². The minimum Gasteiger partial charge on any atom is -0.364 e. The number of rotatable bonds is 4. The molecule has 120 valence electrons. The summed E-state index contributed by atoms with van der Waals surface area (Å²) in [6, 6.07) is 3.65. The van der Waals surface area contributed by atoms with Gasteiger partial charge in [-0.15, -0.1) is 0 Å². The van der Waals surface area contributed by atoms with E-state index in [0.717, 1.165) is 50.3 Å². The molecule has 1 atom stereocenters. The molecule has 0 unspecified atom stereocenters. The Morgan fingerprint density at radius 2 is 2.13 bits per heavy atom. The highest BCUT2D eigenvalue weighted by Gasteiger charge is 2.19. The molecular weight excluding hydrogens is 292 g/mol. The predicted octanol–water partition coefficient (Wildman–Crippen LogP) is 1.21. The second-order valence-electron chi connectivity index (χ2n) is 5.81. The fraction of sp³-hybridized carbons (Fsp3) is 0.438. The van der Waals surface area contributed by atoms with Gasteiger partial charge < -0.3 is 10.6 Å². The molecule has 1 fully saturated rings. The van der Waals surface area contributed by atoms with E-state index < -0.39 is 5.91 Å². The van der Waals surface area contributed by atoms with Gasteiger partial charge in [-0.1, -0.05) is 0 Å². The lowest BCUT2D eigenvalue weighted by Crippen LogP contribution is -2.25. The largest absolute Gasteiger partial charge is 0.364 e. The van der Waals surface area contributed by atoms with Crippen molar-refractivity contribution >= 4 is 11.7 Å². The third-order valence-corrected chi connectivity index (χ3v) is 4.21. The lowest BCUT2D eigenvalue weighted by atomic mass is 9.95. The molecule has 3 rings (SSSR count). The molecule has 1 aliphatic rings. The molecule has 0 aliphatic carbocycles. The van der Waals surface area contributed by atoms with Gasteiger partial charge in [0, 0.05) is 25.0 Å². The van der Waals surface area contributed by atoms with Crippen LogP contribution in [0.15, 0.2) is 31.0 Å². The van der Waals surface area contributed by atoms with Crippen molar-refractivity contribution < 1.29 is 4.79 Å². The van der Waals surface area contributed by atoms with Crippen molar-refractivity contribution in [1.82, 2.24) is 19.9 Å². The summed E-state index contributed by atoms with van der Waals surface area (Å²) in [5.41, 5.74) is 6.44. The number of carbonyl (C=O) groups is 1. The standard InChI is InChI=1S/C16H20N6O/c17-16(23)14-9-13(19-11-20-14)8-12-2-1-6-22(7-4-12)15-3-5-18-10-21-15/h3,5,9-12H,1-2,4,6-8H2,(H2,17,23)/t12-/m1/s1. The van der Waals surface area contributed by atoms with E-state index in [4.69, 9.17) is 5.73 Å². The first-order valence-electron chi connectivity index (χ1n) is 7.84. The molecule has 3 heterocycles. The van der Waals surface area contributed by atoms with Gasteiger partial charge in [-0.2, -0.15) is 0 Å². The van der Waals surface area contributed by atoms with Gasteiger partial charge in [0.25, 0.3) is 5.91 Å². The molecule has 0 saturated carbocycles. The van der Waals surface area contributed by atoms with Crippen molar-refractivity contribution in [2.45, 2.75) is 25.7 Å². The molecule has 0 radical (unpaired) electrons. The summed E-state index contributed by atoms with van der Waals surface area (Å²) in [4.78, 5) is 30.0. The topological polar surface area (TPSA) is 97.9 Å². The number of nitrogens with two attached hydrogens (primary N) is 1. The first-order valence-corrected chi connectivity index (χ1v) is 7.84. The van der Waals surface area contributed by atoms with Crippen LogP contribution in [0.25, 0.3) is 0 Å². The lowest BCUT2D eigenvalue weighted by Gasteiger charge is -2.21. The van der Waals surface area contributed by atoms with Crippen LogP contribution in [0.2, 0.25) is 0 Å². The molecule has 1 aliphatic heterocycles. The van der Waals surface area contributed by atoms with E-state index in [1.54, 1.807) is 18.6 Å². The van der Waals surface area contributed by atoms with Crippen LogP contribution in [0.5, 0.6) is 0 Å². The molecule has 2 N–H and O–H groups in total. The zero-order chi connectivity index (χ0) is 16.1. The maximum absolute atomic E-state index is 11.2. The zero-order valence-corrected chi connectivity index (χ0v) is 12.9. The highest BCUT2D eigenvalue weighted by atomic mass is 16.1. The second kappa shape index (κ2) is 7.13. The van der Waals surface area contributed by atoms with E-state index in [0.29, 0.717) is 5.92 Å². The number of hydrogen-bond acceptors (Lipinski definition) is 6. The molecule has 7 heteroatoms. The van der Waals surface area contributed by atoms with E-state index in [-0.39, 0.29) is 5.69 Å². The summed E-state index contributed by atoms with van der Waals surface area (Å²) in [7, 11) is 0. The third kappa shape index (κ3) is 4.00. The molecular formula is C16H20N6O. The summed E-state index contributed by atoms with van der Waals surface area (Å²) in [6.45, 7) is 1.97.